The van der Waals surface area contributed by atoms with Crippen LogP contribution in [0.2, 0.25) is 0 Å². The van der Waals surface area contributed by atoms with Crippen LogP contribution >= 0.6 is 0 Å². The molecule has 4 aliphatic rings. The number of hydrogen-bond acceptors (Lipinski definition) is 3. The third-order valence-electron chi connectivity index (χ3n) is 5.78. The van der Waals surface area contributed by atoms with Gasteiger partial charge in [-0.1, -0.05) is 18.1 Å². The van der Waals surface area contributed by atoms with E-state index in [0.29, 0.717) is 17.9 Å². The van der Waals surface area contributed by atoms with Crippen LogP contribution in [0.3, 0.4) is 0 Å². The van der Waals surface area contributed by atoms with Crippen LogP contribution in [0.1, 0.15) is 40.0 Å². The Morgan fingerprint density at radius 3 is 2.78 bits per heavy atom. The largest absolute Gasteiger partial charge is 0.426 e. The summed E-state index contributed by atoms with van der Waals surface area (Å²) in [5, 5.41) is 10.7. The summed E-state index contributed by atoms with van der Waals surface area (Å²) in [6, 6.07) is 0. The fraction of sp³-hybridized carbons (Fsp3) is 0.667. The number of esters is 1. The van der Waals surface area contributed by atoms with Gasteiger partial charge in [0.2, 0.25) is 5.79 Å². The van der Waals surface area contributed by atoms with Gasteiger partial charge in [0.05, 0.1) is 0 Å². The molecule has 1 aliphatic heterocycles. The maximum absolute atomic E-state index is 11.7. The fourth-order valence-electron chi connectivity index (χ4n) is 4.65. The second kappa shape index (κ2) is 2.74. The molecule has 0 aromatic rings. The molecule has 1 heterocycles. The van der Waals surface area contributed by atoms with Crippen LogP contribution in [0.4, 0.5) is 0 Å². The van der Waals surface area contributed by atoms with Gasteiger partial charge < -0.3 is 9.84 Å². The molecule has 3 heteroatoms. The molecule has 3 nitrogen and oxygen atoms in total. The summed E-state index contributed by atoms with van der Waals surface area (Å²) in [6.45, 7) is 6.23. The number of carbonyl (C=O) groups excluding carboxylic acids is 1. The zero-order valence-electron chi connectivity index (χ0n) is 11.0. The molecule has 0 radical (unpaired) electrons. The van der Waals surface area contributed by atoms with Crippen LogP contribution < -0.4 is 0 Å². The Morgan fingerprint density at radius 2 is 2.06 bits per heavy atom. The van der Waals surface area contributed by atoms with Crippen molar-refractivity contribution in [2.75, 3.05) is 0 Å². The maximum atomic E-state index is 11.7. The van der Waals surface area contributed by atoms with E-state index in [9.17, 15) is 9.90 Å². The van der Waals surface area contributed by atoms with E-state index in [1.54, 1.807) is 6.92 Å². The van der Waals surface area contributed by atoms with Crippen LogP contribution in [0.5, 0.6) is 0 Å². The third kappa shape index (κ3) is 0.993. The summed E-state index contributed by atoms with van der Waals surface area (Å²) in [6.07, 6.45) is 2.52. The molecule has 4 unspecified atom stereocenters. The van der Waals surface area contributed by atoms with Crippen molar-refractivity contribution in [3.63, 3.8) is 0 Å². The Hall–Kier alpha value is -1.09. The van der Waals surface area contributed by atoms with E-state index in [1.165, 1.54) is 17.6 Å². The molecule has 0 aromatic carbocycles. The zero-order valence-corrected chi connectivity index (χ0v) is 11.0. The van der Waals surface area contributed by atoms with Gasteiger partial charge in [-0.2, -0.15) is 0 Å². The first-order chi connectivity index (χ1) is 8.37. The summed E-state index contributed by atoms with van der Waals surface area (Å²) in [7, 11) is 0. The standard InChI is InChI=1S/C15H18O3/c1-7-9-4-12(9)14(3)6-15(17)11(5-10(7)14)8(2)13(16)18-15/h9,12,17H,4-6H2,1-3H3. The highest BCUT2D eigenvalue weighted by atomic mass is 16.7. The molecule has 2 saturated carbocycles. The molecule has 3 aliphatic carbocycles. The van der Waals surface area contributed by atoms with Crippen molar-refractivity contribution >= 4 is 5.97 Å². The normalized spacial score (nSPS) is 49.0. The van der Waals surface area contributed by atoms with Gasteiger partial charge in [-0.25, -0.2) is 4.79 Å². The van der Waals surface area contributed by atoms with Gasteiger partial charge in [-0.3, -0.25) is 0 Å². The summed E-state index contributed by atoms with van der Waals surface area (Å²) in [4.78, 5) is 11.7. The molecule has 96 valence electrons. The molecule has 0 spiro atoms. The lowest BCUT2D eigenvalue weighted by Crippen LogP contribution is -2.43. The molecule has 4 atom stereocenters. The molecule has 0 saturated heterocycles. The van der Waals surface area contributed by atoms with Crippen LogP contribution in [0, 0.1) is 17.3 Å². The minimum atomic E-state index is -1.32. The topological polar surface area (TPSA) is 46.5 Å². The minimum Gasteiger partial charge on any atom is -0.426 e. The molecule has 0 aromatic heterocycles. The lowest BCUT2D eigenvalue weighted by Gasteiger charge is -2.43. The van der Waals surface area contributed by atoms with Gasteiger partial charge in [-0.15, -0.1) is 0 Å². The van der Waals surface area contributed by atoms with Gasteiger partial charge in [0, 0.05) is 17.6 Å². The number of rotatable bonds is 0. The van der Waals surface area contributed by atoms with Crippen molar-refractivity contribution in [2.45, 2.75) is 45.8 Å². The molecule has 1 N–H and O–H groups in total. The lowest BCUT2D eigenvalue weighted by molar-refractivity contribution is -0.194. The monoisotopic (exact) mass is 246 g/mol. The number of allylic oxidation sites excluding steroid dienone is 2. The predicted octanol–water partition coefficient (Wildman–Crippen LogP) is 2.31. The van der Waals surface area contributed by atoms with Crippen molar-refractivity contribution in [3.05, 3.63) is 22.3 Å². The van der Waals surface area contributed by atoms with Crippen LogP contribution in [0.15, 0.2) is 22.3 Å². The van der Waals surface area contributed by atoms with E-state index < -0.39 is 5.79 Å². The second-order valence-corrected chi connectivity index (χ2v) is 6.66. The Bertz CT molecular complexity index is 556. The quantitative estimate of drug-likeness (QED) is 0.527. The van der Waals surface area contributed by atoms with E-state index in [2.05, 4.69) is 13.8 Å². The molecule has 2 fully saturated rings. The fourth-order valence-corrected chi connectivity index (χ4v) is 4.65. The molecule has 4 rings (SSSR count). The summed E-state index contributed by atoms with van der Waals surface area (Å²) in [5.74, 6) is -0.277. The maximum Gasteiger partial charge on any atom is 0.336 e. The highest BCUT2D eigenvalue weighted by Crippen LogP contribution is 2.70. The Kier molecular flexibility index (Phi) is 1.65. The Balaban J connectivity index is 1.87. The van der Waals surface area contributed by atoms with Crippen molar-refractivity contribution in [2.24, 2.45) is 17.3 Å². The van der Waals surface area contributed by atoms with E-state index in [4.69, 9.17) is 4.74 Å². The van der Waals surface area contributed by atoms with Crippen LogP contribution in [-0.2, 0) is 9.53 Å². The molecule has 0 amide bonds. The molecular formula is C15H18O3. The van der Waals surface area contributed by atoms with E-state index in [1.807, 2.05) is 0 Å². The van der Waals surface area contributed by atoms with Gasteiger partial charge >= 0.3 is 5.97 Å². The molecule has 18 heavy (non-hydrogen) atoms. The minimum absolute atomic E-state index is 0.0396. The van der Waals surface area contributed by atoms with E-state index >= 15 is 0 Å². The smallest absolute Gasteiger partial charge is 0.336 e. The number of fused-ring (bicyclic) bond motifs is 4. The first kappa shape index (κ1) is 10.8. The summed E-state index contributed by atoms with van der Waals surface area (Å²) in [5.41, 5.74) is 4.42. The van der Waals surface area contributed by atoms with Crippen molar-refractivity contribution in [3.8, 4) is 0 Å². The average molecular weight is 246 g/mol. The molecule has 0 bridgehead atoms. The van der Waals surface area contributed by atoms with E-state index in [-0.39, 0.29) is 11.4 Å². The first-order valence-electron chi connectivity index (χ1n) is 6.73. The number of aliphatic hydroxyl groups is 1. The van der Waals surface area contributed by atoms with Gasteiger partial charge in [0.1, 0.15) is 0 Å². The summed E-state index contributed by atoms with van der Waals surface area (Å²) < 4.78 is 5.26. The highest BCUT2D eigenvalue weighted by molar-refractivity contribution is 5.92. The number of hydrogen-bond donors (Lipinski definition) is 1. The highest BCUT2D eigenvalue weighted by Gasteiger charge is 2.65. The van der Waals surface area contributed by atoms with Gasteiger partial charge in [-0.05, 0) is 43.9 Å². The van der Waals surface area contributed by atoms with Gasteiger partial charge in [0.15, 0.2) is 0 Å². The van der Waals surface area contributed by atoms with Crippen molar-refractivity contribution < 1.29 is 14.6 Å². The van der Waals surface area contributed by atoms with Crippen LogP contribution in [-0.4, -0.2) is 16.9 Å². The SMILES string of the molecule is CC1=C2CC3=C(C)C4CC4C3(C)CC2(O)OC1=O. The zero-order chi connectivity index (χ0) is 12.9. The lowest BCUT2D eigenvalue weighted by atomic mass is 9.65. The first-order valence-corrected chi connectivity index (χ1v) is 6.73. The van der Waals surface area contributed by atoms with Gasteiger partial charge in [0.25, 0.3) is 0 Å². The number of ether oxygens (including phenoxy) is 1. The molecular weight excluding hydrogens is 228 g/mol. The second-order valence-electron chi connectivity index (χ2n) is 6.66. The Morgan fingerprint density at radius 1 is 1.33 bits per heavy atom. The van der Waals surface area contributed by atoms with E-state index in [0.717, 1.165) is 17.9 Å². The Labute approximate surface area is 107 Å². The van der Waals surface area contributed by atoms with Crippen molar-refractivity contribution in [1.82, 2.24) is 0 Å². The average Bonchev–Trinajstić information content (AvgIpc) is 2.99. The van der Waals surface area contributed by atoms with Crippen molar-refractivity contribution in [1.29, 1.82) is 0 Å². The predicted molar refractivity (Wildman–Crippen MR) is 65.4 cm³/mol. The number of carbonyl (C=O) groups is 1. The third-order valence-corrected chi connectivity index (χ3v) is 5.78. The van der Waals surface area contributed by atoms with Crippen LogP contribution in [0.25, 0.3) is 0 Å². The summed E-state index contributed by atoms with van der Waals surface area (Å²) >= 11 is 0.